The largest absolute Gasteiger partial charge is 0.469 e. The Morgan fingerprint density at radius 3 is 3.00 bits per heavy atom. The van der Waals surface area contributed by atoms with E-state index >= 15 is 0 Å². The minimum Gasteiger partial charge on any atom is -0.469 e. The first-order valence-corrected chi connectivity index (χ1v) is 6.78. The highest BCUT2D eigenvalue weighted by Gasteiger charge is 2.09. The molecule has 0 fully saturated rings. The molecule has 0 aromatic carbocycles. The smallest absolute Gasteiger partial charge is 0.252 e. The average Bonchev–Trinajstić information content (AvgIpc) is 2.94. The van der Waals surface area contributed by atoms with Crippen molar-refractivity contribution in [1.29, 1.82) is 0 Å². The van der Waals surface area contributed by atoms with Crippen molar-refractivity contribution < 1.29 is 9.21 Å². The molecule has 2 N–H and O–H groups in total. The van der Waals surface area contributed by atoms with Crippen LogP contribution in [0.4, 0.5) is 5.82 Å². The molecule has 0 saturated heterocycles. The third-order valence-corrected chi connectivity index (χ3v) is 2.97. The maximum absolute atomic E-state index is 11.9. The summed E-state index contributed by atoms with van der Waals surface area (Å²) in [5.41, 5.74) is 0.441. The van der Waals surface area contributed by atoms with Gasteiger partial charge in [-0.2, -0.15) is 0 Å². The van der Waals surface area contributed by atoms with E-state index in [-0.39, 0.29) is 5.91 Å². The molecule has 2 aromatic rings. The van der Waals surface area contributed by atoms with Crippen LogP contribution in [0.15, 0.2) is 35.1 Å². The summed E-state index contributed by atoms with van der Waals surface area (Å²) >= 11 is 6.05. The van der Waals surface area contributed by atoms with Crippen molar-refractivity contribution in [3.8, 4) is 0 Å². The summed E-state index contributed by atoms with van der Waals surface area (Å²) < 4.78 is 5.19. The van der Waals surface area contributed by atoms with Crippen LogP contribution in [0.5, 0.6) is 0 Å². The Morgan fingerprint density at radius 2 is 2.35 bits per heavy atom. The van der Waals surface area contributed by atoms with E-state index in [0.717, 1.165) is 12.3 Å². The fraction of sp³-hybridized carbons (Fsp3) is 0.286. The zero-order valence-electron chi connectivity index (χ0n) is 11.1. The van der Waals surface area contributed by atoms with Crippen LogP contribution in [0.25, 0.3) is 0 Å². The predicted molar refractivity (Wildman–Crippen MR) is 78.2 cm³/mol. The van der Waals surface area contributed by atoms with Crippen LogP contribution in [0.2, 0.25) is 5.02 Å². The van der Waals surface area contributed by atoms with Gasteiger partial charge in [0.25, 0.3) is 5.91 Å². The van der Waals surface area contributed by atoms with Gasteiger partial charge in [-0.3, -0.25) is 4.79 Å². The molecule has 20 heavy (non-hydrogen) atoms. The SMILES string of the molecule is CCNc1ncc(C(=O)NCCc2ccco2)cc1Cl. The number of nitrogens with one attached hydrogen (secondary N) is 2. The van der Waals surface area contributed by atoms with E-state index in [2.05, 4.69) is 15.6 Å². The van der Waals surface area contributed by atoms with E-state index in [1.54, 1.807) is 12.3 Å². The molecule has 0 radical (unpaired) electrons. The van der Waals surface area contributed by atoms with E-state index < -0.39 is 0 Å². The zero-order valence-corrected chi connectivity index (χ0v) is 11.9. The van der Waals surface area contributed by atoms with Gasteiger partial charge < -0.3 is 15.1 Å². The number of aromatic nitrogens is 1. The molecule has 1 amide bonds. The summed E-state index contributed by atoms with van der Waals surface area (Å²) in [4.78, 5) is 16.1. The topological polar surface area (TPSA) is 67.2 Å². The molecular formula is C14H16ClN3O2. The Bertz CT molecular complexity index is 570. The monoisotopic (exact) mass is 293 g/mol. The van der Waals surface area contributed by atoms with Crippen LogP contribution in [0, 0.1) is 0 Å². The highest BCUT2D eigenvalue weighted by Crippen LogP contribution is 2.19. The maximum atomic E-state index is 11.9. The molecule has 0 bridgehead atoms. The molecule has 2 rings (SSSR count). The van der Waals surface area contributed by atoms with E-state index in [4.69, 9.17) is 16.0 Å². The molecule has 5 nitrogen and oxygen atoms in total. The fourth-order valence-corrected chi connectivity index (χ4v) is 1.95. The second-order valence-corrected chi connectivity index (χ2v) is 4.58. The van der Waals surface area contributed by atoms with E-state index in [0.29, 0.717) is 29.4 Å². The first-order valence-electron chi connectivity index (χ1n) is 6.40. The summed E-state index contributed by atoms with van der Waals surface area (Å²) in [6, 6.07) is 5.30. The molecule has 2 heterocycles. The number of carbonyl (C=O) groups excluding carboxylic acids is 1. The van der Waals surface area contributed by atoms with Crippen molar-refractivity contribution in [1.82, 2.24) is 10.3 Å². The van der Waals surface area contributed by atoms with Gasteiger partial charge in [-0.15, -0.1) is 0 Å². The zero-order chi connectivity index (χ0) is 14.4. The second kappa shape index (κ2) is 6.96. The molecular weight excluding hydrogens is 278 g/mol. The summed E-state index contributed by atoms with van der Waals surface area (Å²) in [7, 11) is 0. The quantitative estimate of drug-likeness (QED) is 0.859. The molecule has 0 unspecified atom stereocenters. The van der Waals surface area contributed by atoms with Crippen LogP contribution in [-0.2, 0) is 6.42 Å². The number of halogens is 1. The lowest BCUT2D eigenvalue weighted by Gasteiger charge is -2.07. The molecule has 6 heteroatoms. The number of anilines is 1. The molecule has 0 spiro atoms. The second-order valence-electron chi connectivity index (χ2n) is 4.17. The van der Waals surface area contributed by atoms with Gasteiger partial charge in [-0.05, 0) is 25.1 Å². The van der Waals surface area contributed by atoms with Crippen LogP contribution in [0.3, 0.4) is 0 Å². The lowest BCUT2D eigenvalue weighted by molar-refractivity contribution is 0.0953. The minimum atomic E-state index is -0.200. The van der Waals surface area contributed by atoms with Gasteiger partial charge in [0.2, 0.25) is 0 Å². The highest BCUT2D eigenvalue weighted by molar-refractivity contribution is 6.33. The van der Waals surface area contributed by atoms with E-state index in [9.17, 15) is 4.79 Å². The van der Waals surface area contributed by atoms with Crippen molar-refractivity contribution in [2.45, 2.75) is 13.3 Å². The fourth-order valence-electron chi connectivity index (χ4n) is 1.72. The third kappa shape index (κ3) is 3.74. The molecule has 0 aliphatic heterocycles. The lowest BCUT2D eigenvalue weighted by Crippen LogP contribution is -2.25. The third-order valence-electron chi connectivity index (χ3n) is 2.68. The Hall–Kier alpha value is -2.01. The van der Waals surface area contributed by atoms with Crippen LogP contribution >= 0.6 is 11.6 Å². The molecule has 106 valence electrons. The number of hydrogen-bond donors (Lipinski definition) is 2. The van der Waals surface area contributed by atoms with Gasteiger partial charge in [0.05, 0.1) is 16.8 Å². The van der Waals surface area contributed by atoms with Gasteiger partial charge in [-0.1, -0.05) is 11.6 Å². The Balaban J connectivity index is 1.90. The van der Waals surface area contributed by atoms with Gasteiger partial charge in [0, 0.05) is 25.7 Å². The van der Waals surface area contributed by atoms with Gasteiger partial charge in [0.15, 0.2) is 0 Å². The average molecular weight is 294 g/mol. The highest BCUT2D eigenvalue weighted by atomic mass is 35.5. The Labute approximate surface area is 122 Å². The van der Waals surface area contributed by atoms with Gasteiger partial charge in [-0.25, -0.2) is 4.98 Å². The van der Waals surface area contributed by atoms with Gasteiger partial charge >= 0.3 is 0 Å². The molecule has 0 aliphatic rings. The van der Waals surface area contributed by atoms with Crippen molar-refractivity contribution in [3.05, 3.63) is 47.0 Å². The predicted octanol–water partition coefficient (Wildman–Crippen LogP) is 2.73. The first kappa shape index (κ1) is 14.4. The lowest BCUT2D eigenvalue weighted by atomic mass is 10.2. The normalized spacial score (nSPS) is 10.3. The molecule has 0 atom stereocenters. The van der Waals surface area contributed by atoms with Crippen LogP contribution < -0.4 is 10.6 Å². The van der Waals surface area contributed by atoms with Crippen molar-refractivity contribution in [2.75, 3.05) is 18.4 Å². The van der Waals surface area contributed by atoms with Crippen molar-refractivity contribution >= 4 is 23.3 Å². The van der Waals surface area contributed by atoms with Gasteiger partial charge in [0.1, 0.15) is 11.6 Å². The Kier molecular flexibility index (Phi) is 5.01. The first-order chi connectivity index (χ1) is 9.70. The van der Waals surface area contributed by atoms with Crippen molar-refractivity contribution in [2.24, 2.45) is 0 Å². The van der Waals surface area contributed by atoms with E-state index in [1.165, 1.54) is 6.20 Å². The van der Waals surface area contributed by atoms with Crippen LogP contribution in [0.1, 0.15) is 23.0 Å². The number of rotatable bonds is 6. The Morgan fingerprint density at radius 1 is 1.50 bits per heavy atom. The number of amides is 1. The number of hydrogen-bond acceptors (Lipinski definition) is 4. The number of furan rings is 1. The summed E-state index contributed by atoms with van der Waals surface area (Å²) in [6.45, 7) is 3.17. The maximum Gasteiger partial charge on any atom is 0.252 e. The summed E-state index contributed by atoms with van der Waals surface area (Å²) in [5.74, 6) is 1.22. The summed E-state index contributed by atoms with van der Waals surface area (Å²) in [5, 5.41) is 6.25. The number of nitrogens with zero attached hydrogens (tertiary/aromatic N) is 1. The van der Waals surface area contributed by atoms with E-state index in [1.807, 2.05) is 19.1 Å². The number of pyridine rings is 1. The minimum absolute atomic E-state index is 0.200. The standard InChI is InChI=1S/C14H16ClN3O2/c1-2-16-13-12(15)8-10(9-18-13)14(19)17-6-5-11-4-3-7-20-11/h3-4,7-9H,2,5-6H2,1H3,(H,16,18)(H,17,19). The van der Waals surface area contributed by atoms with Crippen LogP contribution in [-0.4, -0.2) is 24.0 Å². The molecule has 0 saturated carbocycles. The molecule has 0 aliphatic carbocycles. The summed E-state index contributed by atoms with van der Waals surface area (Å²) in [6.07, 6.45) is 3.77. The number of carbonyl (C=O) groups is 1. The van der Waals surface area contributed by atoms with Crippen molar-refractivity contribution in [3.63, 3.8) is 0 Å². The molecule has 2 aromatic heterocycles.